The highest BCUT2D eigenvalue weighted by atomic mass is 35.5. The van der Waals surface area contributed by atoms with Crippen molar-refractivity contribution >= 4 is 27.3 Å². The van der Waals surface area contributed by atoms with Crippen molar-refractivity contribution < 1.29 is 12.8 Å². The minimum Gasteiger partial charge on any atom is -0.380 e. The Balaban J connectivity index is 2.47. The summed E-state index contributed by atoms with van der Waals surface area (Å²) in [5, 5.41) is 2.86. The summed E-state index contributed by atoms with van der Waals surface area (Å²) in [4.78, 5) is 3.57. The fourth-order valence-corrected chi connectivity index (χ4v) is 1.91. The van der Waals surface area contributed by atoms with E-state index in [0.29, 0.717) is 0 Å². The highest BCUT2D eigenvalue weighted by Gasteiger charge is 2.08. The number of nitrogens with one attached hydrogen (secondary N) is 2. The molecule has 8 heteroatoms. The van der Waals surface area contributed by atoms with Crippen LogP contribution >= 0.6 is 11.6 Å². The standard InChI is InChI=1S/C9H13ClFN3O2S/c1-2-17(15,16)14-4-3-13-9-7(10)5-12-6-8(9)11/h5-6,14H,2-4H2,1H3,(H,12,13). The molecule has 0 aliphatic rings. The molecule has 1 aromatic rings. The number of rotatable bonds is 6. The summed E-state index contributed by atoms with van der Waals surface area (Å²) in [6, 6.07) is 0. The number of nitrogens with zero attached hydrogens (tertiary/aromatic N) is 1. The predicted molar refractivity (Wildman–Crippen MR) is 65.2 cm³/mol. The molecule has 0 aliphatic carbocycles. The average molecular weight is 282 g/mol. The molecule has 0 spiro atoms. The van der Waals surface area contributed by atoms with Crippen LogP contribution in [0.25, 0.3) is 0 Å². The number of pyridine rings is 1. The Kier molecular flexibility index (Phi) is 5.10. The molecule has 0 aromatic carbocycles. The van der Waals surface area contributed by atoms with Gasteiger partial charge in [-0.15, -0.1) is 0 Å². The van der Waals surface area contributed by atoms with E-state index in [9.17, 15) is 12.8 Å². The van der Waals surface area contributed by atoms with Gasteiger partial charge in [0.1, 0.15) is 0 Å². The van der Waals surface area contributed by atoms with Gasteiger partial charge < -0.3 is 5.32 Å². The second-order valence-electron chi connectivity index (χ2n) is 3.20. The van der Waals surface area contributed by atoms with Gasteiger partial charge in [0.25, 0.3) is 0 Å². The topological polar surface area (TPSA) is 71.1 Å². The van der Waals surface area contributed by atoms with Gasteiger partial charge in [0.2, 0.25) is 10.0 Å². The highest BCUT2D eigenvalue weighted by molar-refractivity contribution is 7.89. The lowest BCUT2D eigenvalue weighted by Crippen LogP contribution is -2.30. The van der Waals surface area contributed by atoms with Crippen molar-refractivity contribution in [3.63, 3.8) is 0 Å². The summed E-state index contributed by atoms with van der Waals surface area (Å²) in [6.45, 7) is 1.93. The van der Waals surface area contributed by atoms with Crippen LogP contribution in [0.2, 0.25) is 5.02 Å². The molecule has 0 saturated heterocycles. The fourth-order valence-electron chi connectivity index (χ4n) is 1.08. The maximum Gasteiger partial charge on any atom is 0.211 e. The lowest BCUT2D eigenvalue weighted by Gasteiger charge is -2.09. The third-order valence-corrected chi connectivity index (χ3v) is 3.67. The maximum absolute atomic E-state index is 13.2. The Labute approximate surface area is 104 Å². The monoisotopic (exact) mass is 281 g/mol. The lowest BCUT2D eigenvalue weighted by molar-refractivity contribution is 0.584. The molecule has 17 heavy (non-hydrogen) atoms. The summed E-state index contributed by atoms with van der Waals surface area (Å²) in [5.74, 6) is -0.562. The van der Waals surface area contributed by atoms with Crippen LogP contribution in [0.4, 0.5) is 10.1 Å². The molecule has 1 rings (SSSR count). The van der Waals surface area contributed by atoms with Gasteiger partial charge in [-0.3, -0.25) is 4.98 Å². The van der Waals surface area contributed by atoms with Gasteiger partial charge in [0.15, 0.2) is 5.82 Å². The van der Waals surface area contributed by atoms with E-state index in [1.54, 1.807) is 0 Å². The van der Waals surface area contributed by atoms with E-state index in [0.717, 1.165) is 6.20 Å². The molecule has 0 unspecified atom stereocenters. The Morgan fingerprint density at radius 1 is 1.41 bits per heavy atom. The molecule has 1 aromatic heterocycles. The van der Waals surface area contributed by atoms with Crippen LogP contribution in [-0.2, 0) is 10.0 Å². The van der Waals surface area contributed by atoms with Crippen molar-refractivity contribution in [1.29, 1.82) is 0 Å². The maximum atomic E-state index is 13.2. The van der Waals surface area contributed by atoms with E-state index in [1.165, 1.54) is 13.1 Å². The molecule has 5 nitrogen and oxygen atoms in total. The summed E-state index contributed by atoms with van der Waals surface area (Å²) in [5.41, 5.74) is 0.123. The molecule has 0 amide bonds. The summed E-state index contributed by atoms with van der Waals surface area (Å²) in [7, 11) is -3.22. The Hall–Kier alpha value is -0.920. The van der Waals surface area contributed by atoms with Gasteiger partial charge >= 0.3 is 0 Å². The molecule has 0 bridgehead atoms. The number of aromatic nitrogens is 1. The zero-order valence-electron chi connectivity index (χ0n) is 9.20. The molecular weight excluding hydrogens is 269 g/mol. The van der Waals surface area contributed by atoms with E-state index in [2.05, 4.69) is 15.0 Å². The highest BCUT2D eigenvalue weighted by Crippen LogP contribution is 2.22. The van der Waals surface area contributed by atoms with Gasteiger partial charge in [0, 0.05) is 19.3 Å². The minimum absolute atomic E-state index is 0.0113. The Bertz CT molecular complexity index is 461. The third-order valence-electron chi connectivity index (χ3n) is 1.98. The van der Waals surface area contributed by atoms with E-state index in [1.807, 2.05) is 0 Å². The van der Waals surface area contributed by atoms with Gasteiger partial charge in [-0.25, -0.2) is 17.5 Å². The minimum atomic E-state index is -3.22. The van der Waals surface area contributed by atoms with Crippen LogP contribution in [0, 0.1) is 5.82 Å². The zero-order chi connectivity index (χ0) is 12.9. The van der Waals surface area contributed by atoms with Gasteiger partial charge in [-0.1, -0.05) is 11.6 Å². The van der Waals surface area contributed by atoms with Gasteiger partial charge in [-0.05, 0) is 6.92 Å². The molecule has 2 N–H and O–H groups in total. The molecule has 0 aliphatic heterocycles. The Morgan fingerprint density at radius 3 is 2.71 bits per heavy atom. The van der Waals surface area contributed by atoms with Crippen LogP contribution < -0.4 is 10.0 Å². The van der Waals surface area contributed by atoms with Gasteiger partial charge in [0.05, 0.1) is 22.7 Å². The van der Waals surface area contributed by atoms with Gasteiger partial charge in [-0.2, -0.15) is 0 Å². The summed E-state index contributed by atoms with van der Waals surface area (Å²) in [6.07, 6.45) is 2.34. The summed E-state index contributed by atoms with van der Waals surface area (Å²) >= 11 is 5.72. The normalized spacial score (nSPS) is 11.5. The van der Waals surface area contributed by atoms with Crippen molar-refractivity contribution in [3.8, 4) is 0 Å². The van der Waals surface area contributed by atoms with Crippen molar-refractivity contribution in [3.05, 3.63) is 23.2 Å². The fraction of sp³-hybridized carbons (Fsp3) is 0.444. The van der Waals surface area contributed by atoms with Crippen LogP contribution in [0.1, 0.15) is 6.92 Å². The van der Waals surface area contributed by atoms with Crippen molar-refractivity contribution in [2.75, 3.05) is 24.2 Å². The number of hydrogen-bond donors (Lipinski definition) is 2. The molecule has 0 atom stereocenters. The number of sulfonamides is 1. The first-order valence-electron chi connectivity index (χ1n) is 4.96. The number of hydrogen-bond acceptors (Lipinski definition) is 4. The second kappa shape index (κ2) is 6.13. The van der Waals surface area contributed by atoms with Crippen molar-refractivity contribution in [2.45, 2.75) is 6.92 Å². The molecule has 96 valence electrons. The van der Waals surface area contributed by atoms with Crippen LogP contribution in [0.15, 0.2) is 12.4 Å². The van der Waals surface area contributed by atoms with Crippen LogP contribution in [-0.4, -0.2) is 32.2 Å². The first-order valence-corrected chi connectivity index (χ1v) is 6.99. The third kappa shape index (κ3) is 4.45. The molecule has 0 saturated carbocycles. The van der Waals surface area contributed by atoms with Crippen LogP contribution in [0.3, 0.4) is 0 Å². The quantitative estimate of drug-likeness (QED) is 0.769. The van der Waals surface area contributed by atoms with E-state index >= 15 is 0 Å². The van der Waals surface area contributed by atoms with Crippen molar-refractivity contribution in [2.24, 2.45) is 0 Å². The predicted octanol–water partition coefficient (Wildman–Crippen LogP) is 1.23. The van der Waals surface area contributed by atoms with E-state index in [4.69, 9.17) is 11.6 Å². The van der Waals surface area contributed by atoms with Crippen molar-refractivity contribution in [1.82, 2.24) is 9.71 Å². The molecular formula is C9H13ClFN3O2S. The lowest BCUT2D eigenvalue weighted by atomic mass is 10.4. The number of anilines is 1. The summed E-state index contributed by atoms with van der Waals surface area (Å²) < 4.78 is 37.8. The smallest absolute Gasteiger partial charge is 0.211 e. The van der Waals surface area contributed by atoms with Crippen LogP contribution in [0.5, 0.6) is 0 Å². The average Bonchev–Trinajstić information content (AvgIpc) is 2.27. The second-order valence-corrected chi connectivity index (χ2v) is 5.71. The SMILES string of the molecule is CCS(=O)(=O)NCCNc1c(F)cncc1Cl. The first-order chi connectivity index (χ1) is 7.96. The molecule has 0 fully saturated rings. The largest absolute Gasteiger partial charge is 0.380 e. The number of halogens is 2. The molecule has 0 radical (unpaired) electrons. The van der Waals surface area contributed by atoms with E-state index in [-0.39, 0.29) is 29.6 Å². The molecule has 1 heterocycles. The Morgan fingerprint density at radius 2 is 2.12 bits per heavy atom. The van der Waals surface area contributed by atoms with E-state index < -0.39 is 15.8 Å². The zero-order valence-corrected chi connectivity index (χ0v) is 10.8. The first kappa shape index (κ1) is 14.1.